The number of likely N-dealkylation sites (N-methyl/N-ethyl adjacent to an activating group) is 1. The predicted octanol–water partition coefficient (Wildman–Crippen LogP) is 1.84. The van der Waals surface area contributed by atoms with E-state index in [4.69, 9.17) is 0 Å². The van der Waals surface area contributed by atoms with Gasteiger partial charge in [0.05, 0.1) is 0 Å². The highest BCUT2D eigenvalue weighted by atomic mass is 32.1. The number of guanidine groups is 1. The van der Waals surface area contributed by atoms with Crippen molar-refractivity contribution in [2.75, 3.05) is 58.3 Å². The third-order valence-electron chi connectivity index (χ3n) is 5.76. The lowest BCUT2D eigenvalue weighted by atomic mass is 9.89. The van der Waals surface area contributed by atoms with Crippen molar-refractivity contribution in [2.24, 2.45) is 10.9 Å². The SMILES string of the molecule is CCc1nsc(N2CCN(C(=NCC(=O)N(C)C)NCC3CCCCC3)CC2)n1. The number of hydrogen-bond donors (Lipinski definition) is 1. The van der Waals surface area contributed by atoms with Crippen LogP contribution in [-0.2, 0) is 11.2 Å². The van der Waals surface area contributed by atoms with E-state index >= 15 is 0 Å². The maximum atomic E-state index is 12.1. The zero-order valence-electron chi connectivity index (χ0n) is 18.1. The van der Waals surface area contributed by atoms with Crippen LogP contribution in [0.2, 0.25) is 0 Å². The monoisotopic (exact) mass is 421 g/mol. The van der Waals surface area contributed by atoms with E-state index in [-0.39, 0.29) is 12.5 Å². The highest BCUT2D eigenvalue weighted by Crippen LogP contribution is 2.23. The third-order valence-corrected chi connectivity index (χ3v) is 6.57. The largest absolute Gasteiger partial charge is 0.356 e. The van der Waals surface area contributed by atoms with E-state index in [2.05, 4.69) is 36.4 Å². The number of aryl methyl sites for hydroxylation is 1. The molecule has 0 unspecified atom stereocenters. The maximum Gasteiger partial charge on any atom is 0.243 e. The van der Waals surface area contributed by atoms with Crippen molar-refractivity contribution < 1.29 is 4.79 Å². The van der Waals surface area contributed by atoms with Crippen LogP contribution in [0.15, 0.2) is 4.99 Å². The molecule has 1 aromatic rings. The Balaban J connectivity index is 1.59. The molecule has 2 heterocycles. The molecule has 0 spiro atoms. The van der Waals surface area contributed by atoms with Gasteiger partial charge in [0.1, 0.15) is 12.4 Å². The Kier molecular flexibility index (Phi) is 8.09. The Hall–Kier alpha value is -1.90. The van der Waals surface area contributed by atoms with Gasteiger partial charge in [-0.15, -0.1) is 0 Å². The zero-order valence-corrected chi connectivity index (χ0v) is 18.9. The van der Waals surface area contributed by atoms with Gasteiger partial charge in [-0.1, -0.05) is 26.2 Å². The number of nitrogens with one attached hydrogen (secondary N) is 1. The van der Waals surface area contributed by atoms with E-state index in [1.54, 1.807) is 19.0 Å². The summed E-state index contributed by atoms with van der Waals surface area (Å²) in [6.45, 7) is 6.75. The van der Waals surface area contributed by atoms with E-state index in [0.717, 1.165) is 56.1 Å². The van der Waals surface area contributed by atoms with Gasteiger partial charge in [0.2, 0.25) is 11.0 Å². The summed E-state index contributed by atoms with van der Waals surface area (Å²) in [5.74, 6) is 2.54. The second kappa shape index (κ2) is 10.8. The Morgan fingerprint density at radius 1 is 1.21 bits per heavy atom. The summed E-state index contributed by atoms with van der Waals surface area (Å²) in [5.41, 5.74) is 0. The summed E-state index contributed by atoms with van der Waals surface area (Å²) in [6.07, 6.45) is 7.49. The molecule has 3 rings (SSSR count). The summed E-state index contributed by atoms with van der Waals surface area (Å²) in [4.78, 5) is 27.5. The molecular formula is C20H35N7OS. The molecule has 0 bridgehead atoms. The lowest BCUT2D eigenvalue weighted by molar-refractivity contribution is -0.127. The minimum atomic E-state index is 0.0292. The van der Waals surface area contributed by atoms with Gasteiger partial charge in [0.25, 0.3) is 0 Å². The molecule has 9 heteroatoms. The summed E-state index contributed by atoms with van der Waals surface area (Å²) in [7, 11) is 3.55. The molecule has 0 radical (unpaired) electrons. The normalized spacial score (nSPS) is 18.8. The molecule has 2 aliphatic rings. The molecular weight excluding hydrogens is 386 g/mol. The molecule has 1 aliphatic carbocycles. The molecule has 1 saturated carbocycles. The van der Waals surface area contributed by atoms with Gasteiger partial charge >= 0.3 is 0 Å². The molecule has 0 atom stereocenters. The lowest BCUT2D eigenvalue weighted by Crippen LogP contribution is -2.53. The second-order valence-electron chi connectivity index (χ2n) is 8.13. The average Bonchev–Trinajstić information content (AvgIpc) is 3.24. The van der Waals surface area contributed by atoms with Crippen LogP contribution in [0.25, 0.3) is 0 Å². The van der Waals surface area contributed by atoms with E-state index in [1.165, 1.54) is 43.6 Å². The Morgan fingerprint density at radius 2 is 1.93 bits per heavy atom. The van der Waals surface area contributed by atoms with Crippen LogP contribution in [0.5, 0.6) is 0 Å². The molecule has 162 valence electrons. The molecule has 1 saturated heterocycles. The van der Waals surface area contributed by atoms with Crippen LogP contribution in [0.1, 0.15) is 44.9 Å². The predicted molar refractivity (Wildman–Crippen MR) is 119 cm³/mol. The van der Waals surface area contributed by atoms with Crippen molar-refractivity contribution >= 4 is 28.5 Å². The van der Waals surface area contributed by atoms with Crippen molar-refractivity contribution in [3.8, 4) is 0 Å². The summed E-state index contributed by atoms with van der Waals surface area (Å²) in [6, 6.07) is 0. The molecule has 1 amide bonds. The fraction of sp³-hybridized carbons (Fsp3) is 0.800. The topological polar surface area (TPSA) is 77.0 Å². The molecule has 0 aromatic carbocycles. The molecule has 29 heavy (non-hydrogen) atoms. The van der Waals surface area contributed by atoms with Crippen molar-refractivity contribution in [3.05, 3.63) is 5.82 Å². The number of carbonyl (C=O) groups is 1. The first-order valence-corrected chi connectivity index (χ1v) is 11.6. The molecule has 2 fully saturated rings. The first-order valence-electron chi connectivity index (χ1n) is 10.9. The van der Waals surface area contributed by atoms with E-state index in [1.807, 2.05) is 0 Å². The smallest absolute Gasteiger partial charge is 0.243 e. The highest BCUT2D eigenvalue weighted by Gasteiger charge is 2.23. The van der Waals surface area contributed by atoms with Crippen molar-refractivity contribution in [3.63, 3.8) is 0 Å². The quantitative estimate of drug-likeness (QED) is 0.558. The van der Waals surface area contributed by atoms with Gasteiger partial charge in [-0.2, -0.15) is 4.37 Å². The van der Waals surface area contributed by atoms with Gasteiger partial charge in [-0.3, -0.25) is 4.79 Å². The lowest BCUT2D eigenvalue weighted by Gasteiger charge is -2.37. The van der Waals surface area contributed by atoms with Crippen LogP contribution in [-0.4, -0.2) is 84.4 Å². The van der Waals surface area contributed by atoms with Crippen LogP contribution in [0, 0.1) is 5.92 Å². The van der Waals surface area contributed by atoms with Gasteiger partial charge < -0.3 is 20.0 Å². The fourth-order valence-electron chi connectivity index (χ4n) is 3.80. The minimum absolute atomic E-state index is 0.0292. The number of hydrogen-bond acceptors (Lipinski definition) is 6. The number of amides is 1. The van der Waals surface area contributed by atoms with Crippen LogP contribution in [0.4, 0.5) is 5.13 Å². The van der Waals surface area contributed by atoms with Gasteiger partial charge in [-0.25, -0.2) is 9.98 Å². The van der Waals surface area contributed by atoms with E-state index in [0.29, 0.717) is 5.92 Å². The Labute approximate surface area is 178 Å². The fourth-order valence-corrected chi connectivity index (χ4v) is 4.61. The third kappa shape index (κ3) is 6.29. The van der Waals surface area contributed by atoms with Crippen LogP contribution >= 0.6 is 11.5 Å². The number of piperazine rings is 1. The zero-order chi connectivity index (χ0) is 20.6. The van der Waals surface area contributed by atoms with E-state index in [9.17, 15) is 4.79 Å². The van der Waals surface area contributed by atoms with Gasteiger partial charge in [-0.05, 0) is 18.8 Å². The van der Waals surface area contributed by atoms with Crippen molar-refractivity contribution in [2.45, 2.75) is 45.4 Å². The maximum absolute atomic E-state index is 12.1. The number of aromatic nitrogens is 2. The van der Waals surface area contributed by atoms with Crippen molar-refractivity contribution in [1.29, 1.82) is 0 Å². The second-order valence-corrected chi connectivity index (χ2v) is 8.86. The number of anilines is 1. The van der Waals surface area contributed by atoms with Crippen LogP contribution < -0.4 is 10.2 Å². The van der Waals surface area contributed by atoms with E-state index < -0.39 is 0 Å². The molecule has 1 aliphatic heterocycles. The standard InChI is InChI=1S/C20H35N7OS/c1-4-17-23-20(29-24-17)27-12-10-26(11-13-27)19(22-15-18(28)25(2)3)21-14-16-8-6-5-7-9-16/h16H,4-15H2,1-3H3,(H,21,22). The molecule has 1 aromatic heterocycles. The Bertz CT molecular complexity index is 676. The van der Waals surface area contributed by atoms with Crippen LogP contribution in [0.3, 0.4) is 0 Å². The number of carbonyl (C=O) groups excluding carboxylic acids is 1. The summed E-state index contributed by atoms with van der Waals surface area (Å²) in [5, 5.41) is 4.59. The van der Waals surface area contributed by atoms with Gasteiger partial charge in [0.15, 0.2) is 5.96 Å². The molecule has 1 N–H and O–H groups in total. The number of rotatable bonds is 6. The summed E-state index contributed by atoms with van der Waals surface area (Å²) < 4.78 is 4.41. The highest BCUT2D eigenvalue weighted by molar-refractivity contribution is 7.09. The van der Waals surface area contributed by atoms with Crippen molar-refractivity contribution in [1.82, 2.24) is 24.5 Å². The Morgan fingerprint density at radius 3 is 2.55 bits per heavy atom. The summed E-state index contributed by atoms with van der Waals surface area (Å²) >= 11 is 1.49. The first-order chi connectivity index (χ1) is 14.1. The average molecular weight is 422 g/mol. The number of nitrogens with zero attached hydrogens (tertiary/aromatic N) is 6. The number of aliphatic imine (C=N–C) groups is 1. The first kappa shape index (κ1) is 21.8. The minimum Gasteiger partial charge on any atom is -0.356 e. The molecule has 8 nitrogen and oxygen atoms in total. The van der Waals surface area contributed by atoms with Gasteiger partial charge in [0, 0.05) is 64.8 Å².